The van der Waals surface area contributed by atoms with Crippen molar-refractivity contribution in [2.45, 2.75) is 13.0 Å². The molecule has 2 aromatic rings. The molecule has 0 aliphatic heterocycles. The van der Waals surface area contributed by atoms with Gasteiger partial charge in [-0.05, 0) is 31.2 Å². The van der Waals surface area contributed by atoms with E-state index in [4.69, 9.17) is 10.00 Å². The molecular weight excluding hydrogens is 274 g/mol. The molecule has 0 fully saturated rings. The highest BCUT2D eigenvalue weighted by Gasteiger charge is 2.11. The molecule has 0 radical (unpaired) electrons. The Morgan fingerprint density at radius 2 is 2.25 bits per heavy atom. The molecule has 0 spiro atoms. The first-order valence-corrected chi connectivity index (χ1v) is 6.88. The van der Waals surface area contributed by atoms with E-state index in [1.54, 1.807) is 30.5 Å². The Balaban J connectivity index is 1.81. The minimum absolute atomic E-state index is 0.0678. The third kappa shape index (κ3) is 3.80. The average Bonchev–Trinajstić information content (AvgIpc) is 3.00. The lowest BCUT2D eigenvalue weighted by Crippen LogP contribution is -2.31. The van der Waals surface area contributed by atoms with Crippen molar-refractivity contribution in [3.8, 4) is 11.8 Å². The number of carbonyl (C=O) groups excluding carboxylic acids is 1. The van der Waals surface area contributed by atoms with Gasteiger partial charge in [-0.15, -0.1) is 11.3 Å². The van der Waals surface area contributed by atoms with Crippen LogP contribution in [0.5, 0.6) is 5.75 Å². The van der Waals surface area contributed by atoms with E-state index in [2.05, 4.69) is 10.3 Å². The first kappa shape index (κ1) is 14.0. The second-order valence-corrected chi connectivity index (χ2v) is 5.01. The number of nitrogens with one attached hydrogen (secondary N) is 1. The van der Waals surface area contributed by atoms with Crippen LogP contribution >= 0.6 is 11.3 Å². The van der Waals surface area contributed by atoms with Crippen LogP contribution < -0.4 is 10.1 Å². The van der Waals surface area contributed by atoms with Gasteiger partial charge in [-0.3, -0.25) is 4.79 Å². The van der Waals surface area contributed by atoms with Crippen molar-refractivity contribution in [2.75, 3.05) is 6.61 Å². The second-order valence-electron chi connectivity index (χ2n) is 4.08. The quantitative estimate of drug-likeness (QED) is 0.915. The van der Waals surface area contributed by atoms with Crippen molar-refractivity contribution in [1.82, 2.24) is 10.3 Å². The van der Waals surface area contributed by atoms with Gasteiger partial charge in [-0.25, -0.2) is 4.98 Å². The maximum atomic E-state index is 11.7. The molecule has 1 heterocycles. The van der Waals surface area contributed by atoms with Gasteiger partial charge in [0.05, 0.1) is 17.7 Å². The van der Waals surface area contributed by atoms with Gasteiger partial charge in [0.1, 0.15) is 10.8 Å². The van der Waals surface area contributed by atoms with Crippen molar-refractivity contribution in [3.63, 3.8) is 0 Å². The fourth-order valence-electron chi connectivity index (χ4n) is 1.57. The highest BCUT2D eigenvalue weighted by Crippen LogP contribution is 2.15. The number of ether oxygens (including phenoxy) is 1. The molecule has 102 valence electrons. The van der Waals surface area contributed by atoms with Crippen molar-refractivity contribution in [2.24, 2.45) is 0 Å². The van der Waals surface area contributed by atoms with Crippen LogP contribution in [0.2, 0.25) is 0 Å². The Labute approximate surface area is 120 Å². The lowest BCUT2D eigenvalue weighted by Gasteiger charge is -2.11. The van der Waals surface area contributed by atoms with Gasteiger partial charge in [-0.2, -0.15) is 5.26 Å². The fraction of sp³-hybridized carbons (Fsp3) is 0.214. The summed E-state index contributed by atoms with van der Waals surface area (Å²) in [6, 6.07) is 8.50. The Morgan fingerprint density at radius 3 is 2.85 bits per heavy atom. The fourth-order valence-corrected chi connectivity index (χ4v) is 2.21. The van der Waals surface area contributed by atoms with Gasteiger partial charge in [0, 0.05) is 11.6 Å². The van der Waals surface area contributed by atoms with Gasteiger partial charge in [-0.1, -0.05) is 0 Å². The zero-order valence-corrected chi connectivity index (χ0v) is 11.7. The lowest BCUT2D eigenvalue weighted by atomic mass is 10.2. The van der Waals surface area contributed by atoms with Crippen molar-refractivity contribution in [3.05, 3.63) is 46.4 Å². The summed E-state index contributed by atoms with van der Waals surface area (Å²) in [6.45, 7) is 1.81. The minimum Gasteiger partial charge on any atom is -0.484 e. The third-order valence-corrected chi connectivity index (χ3v) is 3.51. The van der Waals surface area contributed by atoms with Crippen LogP contribution in [0.1, 0.15) is 23.5 Å². The smallest absolute Gasteiger partial charge is 0.258 e. The van der Waals surface area contributed by atoms with Crippen LogP contribution in [-0.2, 0) is 4.79 Å². The molecule has 1 atom stereocenters. The number of carbonyl (C=O) groups is 1. The first-order chi connectivity index (χ1) is 9.69. The van der Waals surface area contributed by atoms with E-state index >= 15 is 0 Å². The number of rotatable bonds is 5. The number of aromatic nitrogens is 1. The van der Waals surface area contributed by atoms with Gasteiger partial charge in [0.25, 0.3) is 5.91 Å². The summed E-state index contributed by atoms with van der Waals surface area (Å²) >= 11 is 1.49. The summed E-state index contributed by atoms with van der Waals surface area (Å²) in [7, 11) is 0. The van der Waals surface area contributed by atoms with Gasteiger partial charge < -0.3 is 10.1 Å². The summed E-state index contributed by atoms with van der Waals surface area (Å²) in [5, 5.41) is 14.2. The molecule has 0 aliphatic carbocycles. The molecule has 6 heteroatoms. The summed E-state index contributed by atoms with van der Waals surface area (Å²) in [5.74, 6) is 0.345. The molecule has 0 aliphatic rings. The molecule has 0 saturated carbocycles. The highest BCUT2D eigenvalue weighted by molar-refractivity contribution is 7.09. The molecule has 1 aromatic carbocycles. The van der Waals surface area contributed by atoms with E-state index in [0.29, 0.717) is 11.3 Å². The normalized spacial score (nSPS) is 11.4. The monoisotopic (exact) mass is 287 g/mol. The van der Waals surface area contributed by atoms with E-state index in [0.717, 1.165) is 5.01 Å². The summed E-state index contributed by atoms with van der Waals surface area (Å²) in [5.41, 5.74) is 0.555. The van der Waals surface area contributed by atoms with Crippen molar-refractivity contribution >= 4 is 17.2 Å². The second kappa shape index (κ2) is 6.68. The van der Waals surface area contributed by atoms with Gasteiger partial charge in [0.15, 0.2) is 6.61 Å². The van der Waals surface area contributed by atoms with E-state index in [1.165, 1.54) is 11.3 Å². The molecule has 1 unspecified atom stereocenters. The van der Waals surface area contributed by atoms with Crippen LogP contribution in [-0.4, -0.2) is 17.5 Å². The molecule has 5 nitrogen and oxygen atoms in total. The molecule has 1 N–H and O–H groups in total. The standard InChI is InChI=1S/C14H13N3O2S/c1-10(14-16-6-7-20-14)17-13(18)9-19-12-4-2-11(8-15)3-5-12/h2-7,10H,9H2,1H3,(H,17,18). The number of nitriles is 1. The number of amides is 1. The van der Waals surface area contributed by atoms with Crippen LogP contribution in [0.3, 0.4) is 0 Å². The van der Waals surface area contributed by atoms with E-state index < -0.39 is 0 Å². The molecule has 0 saturated heterocycles. The first-order valence-electron chi connectivity index (χ1n) is 6.01. The maximum absolute atomic E-state index is 11.7. The molecular formula is C14H13N3O2S. The number of hydrogen-bond acceptors (Lipinski definition) is 5. The summed E-state index contributed by atoms with van der Waals surface area (Å²) < 4.78 is 5.35. The Hall–Kier alpha value is -2.39. The lowest BCUT2D eigenvalue weighted by molar-refractivity contribution is -0.123. The number of thiazole rings is 1. The van der Waals surface area contributed by atoms with E-state index in [9.17, 15) is 4.79 Å². The Kier molecular flexibility index (Phi) is 4.69. The largest absolute Gasteiger partial charge is 0.484 e. The topological polar surface area (TPSA) is 75.0 Å². The highest BCUT2D eigenvalue weighted by atomic mass is 32.1. The summed E-state index contributed by atoms with van der Waals surface area (Å²) in [6.07, 6.45) is 1.70. The third-order valence-electron chi connectivity index (χ3n) is 2.55. The molecule has 1 aromatic heterocycles. The van der Waals surface area contributed by atoms with Crippen molar-refractivity contribution < 1.29 is 9.53 Å². The average molecular weight is 287 g/mol. The molecule has 20 heavy (non-hydrogen) atoms. The van der Waals surface area contributed by atoms with Crippen LogP contribution in [0.15, 0.2) is 35.8 Å². The maximum Gasteiger partial charge on any atom is 0.258 e. The van der Waals surface area contributed by atoms with Gasteiger partial charge >= 0.3 is 0 Å². The zero-order chi connectivity index (χ0) is 14.4. The van der Waals surface area contributed by atoms with E-state index in [-0.39, 0.29) is 18.6 Å². The van der Waals surface area contributed by atoms with Crippen LogP contribution in [0.4, 0.5) is 0 Å². The van der Waals surface area contributed by atoms with E-state index in [1.807, 2.05) is 18.4 Å². The van der Waals surface area contributed by atoms with Gasteiger partial charge in [0.2, 0.25) is 0 Å². The van der Waals surface area contributed by atoms with Crippen molar-refractivity contribution in [1.29, 1.82) is 5.26 Å². The Bertz CT molecular complexity index is 602. The number of hydrogen-bond donors (Lipinski definition) is 1. The van der Waals surface area contributed by atoms with Crippen LogP contribution in [0, 0.1) is 11.3 Å². The van der Waals surface area contributed by atoms with Crippen LogP contribution in [0.25, 0.3) is 0 Å². The predicted octanol–water partition coefficient (Wildman–Crippen LogP) is 2.27. The number of nitrogens with zero attached hydrogens (tertiary/aromatic N) is 2. The molecule has 2 rings (SSSR count). The molecule has 0 bridgehead atoms. The number of benzene rings is 1. The Morgan fingerprint density at radius 1 is 1.50 bits per heavy atom. The minimum atomic E-state index is -0.211. The SMILES string of the molecule is CC(NC(=O)COc1ccc(C#N)cc1)c1nccs1. The summed E-state index contributed by atoms with van der Waals surface area (Å²) in [4.78, 5) is 15.9. The molecule has 1 amide bonds. The zero-order valence-electron chi connectivity index (χ0n) is 10.9. The predicted molar refractivity (Wildman–Crippen MR) is 75.3 cm³/mol.